The number of carbonyl (C=O) groups excluding carboxylic acids is 1. The van der Waals surface area contributed by atoms with Crippen molar-refractivity contribution in [2.24, 2.45) is 5.73 Å². The molecule has 5 nitrogen and oxygen atoms in total. The Hall–Kier alpha value is -1.75. The average molecular weight is 225 g/mol. The summed E-state index contributed by atoms with van der Waals surface area (Å²) in [5, 5.41) is 0. The summed E-state index contributed by atoms with van der Waals surface area (Å²) < 4.78 is 14.9. The van der Waals surface area contributed by atoms with Crippen LogP contribution in [0.5, 0.6) is 11.5 Å². The Labute approximate surface area is 94.1 Å². The second kappa shape index (κ2) is 6.68. The number of nitrogens with two attached hydrogens (primary N) is 1. The summed E-state index contributed by atoms with van der Waals surface area (Å²) in [5.41, 5.74) is 5.30. The van der Waals surface area contributed by atoms with E-state index < -0.39 is 5.97 Å². The van der Waals surface area contributed by atoms with Gasteiger partial charge in [0.2, 0.25) is 0 Å². The molecule has 0 aromatic heterocycles. The van der Waals surface area contributed by atoms with E-state index in [1.165, 1.54) is 7.11 Å². The van der Waals surface area contributed by atoms with Crippen LogP contribution in [0.15, 0.2) is 24.3 Å². The van der Waals surface area contributed by atoms with Gasteiger partial charge in [-0.1, -0.05) is 0 Å². The van der Waals surface area contributed by atoms with E-state index in [9.17, 15) is 4.79 Å². The van der Waals surface area contributed by atoms with Gasteiger partial charge in [0.1, 0.15) is 18.1 Å². The third-order valence-corrected chi connectivity index (χ3v) is 1.79. The van der Waals surface area contributed by atoms with Gasteiger partial charge in [-0.2, -0.15) is 0 Å². The first-order valence-electron chi connectivity index (χ1n) is 4.89. The van der Waals surface area contributed by atoms with Gasteiger partial charge in [-0.05, 0) is 24.3 Å². The number of rotatable bonds is 6. The van der Waals surface area contributed by atoms with E-state index in [1.807, 2.05) is 0 Å². The Kier molecular flexibility index (Phi) is 5.15. The normalized spacial score (nSPS) is 9.62. The van der Waals surface area contributed by atoms with Crippen LogP contribution in [0.4, 0.5) is 0 Å². The Balaban J connectivity index is 2.41. The second-order valence-corrected chi connectivity index (χ2v) is 2.97. The minimum atomic E-state index is -0.413. The molecule has 1 aromatic carbocycles. The number of methoxy groups -OCH3 is 1. The Morgan fingerprint density at radius 2 is 1.75 bits per heavy atom. The number of hydrogen-bond donors (Lipinski definition) is 1. The van der Waals surface area contributed by atoms with Gasteiger partial charge in [0.05, 0.1) is 7.11 Å². The maximum Gasteiger partial charge on any atom is 0.343 e. The van der Waals surface area contributed by atoms with Gasteiger partial charge < -0.3 is 19.9 Å². The number of ether oxygens (including phenoxy) is 3. The van der Waals surface area contributed by atoms with Crippen molar-refractivity contribution in [3.63, 3.8) is 0 Å². The van der Waals surface area contributed by atoms with Crippen LogP contribution < -0.4 is 15.2 Å². The molecule has 0 radical (unpaired) electrons. The molecule has 0 bridgehead atoms. The first-order chi connectivity index (χ1) is 7.76. The lowest BCUT2D eigenvalue weighted by Gasteiger charge is -2.07. The predicted octanol–water partition coefficient (Wildman–Crippen LogP) is 0.576. The molecule has 0 saturated heterocycles. The maximum absolute atomic E-state index is 10.8. The molecule has 0 amide bonds. The van der Waals surface area contributed by atoms with E-state index in [-0.39, 0.29) is 6.61 Å². The molecule has 1 aromatic rings. The van der Waals surface area contributed by atoms with Crippen LogP contribution in [0, 0.1) is 0 Å². The number of hydrogen-bond acceptors (Lipinski definition) is 5. The molecule has 0 heterocycles. The van der Waals surface area contributed by atoms with E-state index in [4.69, 9.17) is 15.2 Å². The van der Waals surface area contributed by atoms with E-state index in [2.05, 4.69) is 4.74 Å². The summed E-state index contributed by atoms with van der Waals surface area (Å²) >= 11 is 0. The molecule has 2 N–H and O–H groups in total. The lowest BCUT2D eigenvalue weighted by molar-refractivity contribution is -0.142. The van der Waals surface area contributed by atoms with Gasteiger partial charge in [-0.3, -0.25) is 0 Å². The molecule has 5 heteroatoms. The van der Waals surface area contributed by atoms with Crippen LogP contribution in [0.3, 0.4) is 0 Å². The van der Waals surface area contributed by atoms with E-state index in [1.54, 1.807) is 24.3 Å². The molecule has 0 spiro atoms. The summed E-state index contributed by atoms with van der Waals surface area (Å²) in [6.07, 6.45) is 0. The Bertz CT molecular complexity index is 323. The quantitative estimate of drug-likeness (QED) is 0.717. The lowest BCUT2D eigenvalue weighted by atomic mass is 10.3. The van der Waals surface area contributed by atoms with Crippen molar-refractivity contribution in [2.75, 3.05) is 26.9 Å². The third-order valence-electron chi connectivity index (χ3n) is 1.79. The summed E-state index contributed by atoms with van der Waals surface area (Å²) in [6.45, 7) is 0.850. The summed E-state index contributed by atoms with van der Waals surface area (Å²) in [4.78, 5) is 10.8. The van der Waals surface area contributed by atoms with Crippen molar-refractivity contribution in [3.05, 3.63) is 24.3 Å². The van der Waals surface area contributed by atoms with Crippen LogP contribution in [-0.2, 0) is 9.53 Å². The SMILES string of the molecule is COC(=O)COc1ccc(OCCN)cc1. The molecule has 0 aliphatic heterocycles. The number of benzene rings is 1. The molecule has 0 fully saturated rings. The largest absolute Gasteiger partial charge is 0.492 e. The van der Waals surface area contributed by atoms with Gasteiger partial charge >= 0.3 is 5.97 Å². The molecule has 0 aliphatic carbocycles. The van der Waals surface area contributed by atoms with E-state index >= 15 is 0 Å². The molecule has 0 aliphatic rings. The lowest BCUT2D eigenvalue weighted by Crippen LogP contribution is -2.12. The minimum Gasteiger partial charge on any atom is -0.492 e. The van der Waals surface area contributed by atoms with Gasteiger partial charge in [0, 0.05) is 6.54 Å². The molecular formula is C11H15NO4. The minimum absolute atomic E-state index is 0.0977. The topological polar surface area (TPSA) is 70.8 Å². The predicted molar refractivity (Wildman–Crippen MR) is 58.5 cm³/mol. The first kappa shape index (κ1) is 12.3. The fourth-order valence-electron chi connectivity index (χ4n) is 1.01. The van der Waals surface area contributed by atoms with Crippen LogP contribution in [0.2, 0.25) is 0 Å². The van der Waals surface area contributed by atoms with Crippen LogP contribution in [-0.4, -0.2) is 32.8 Å². The van der Waals surface area contributed by atoms with E-state index in [0.29, 0.717) is 18.9 Å². The summed E-state index contributed by atoms with van der Waals surface area (Å²) in [7, 11) is 1.31. The van der Waals surface area contributed by atoms with Crippen LogP contribution in [0.25, 0.3) is 0 Å². The van der Waals surface area contributed by atoms with Crippen molar-refractivity contribution in [3.8, 4) is 11.5 Å². The van der Waals surface area contributed by atoms with Crippen molar-refractivity contribution < 1.29 is 19.0 Å². The second-order valence-electron chi connectivity index (χ2n) is 2.97. The van der Waals surface area contributed by atoms with Gasteiger partial charge in [-0.15, -0.1) is 0 Å². The molecule has 16 heavy (non-hydrogen) atoms. The standard InChI is InChI=1S/C11H15NO4/c1-14-11(13)8-16-10-4-2-9(3-5-10)15-7-6-12/h2-5H,6-8,12H2,1H3. The monoisotopic (exact) mass is 225 g/mol. The van der Waals surface area contributed by atoms with E-state index in [0.717, 1.165) is 5.75 Å². The zero-order valence-corrected chi connectivity index (χ0v) is 9.14. The van der Waals surface area contributed by atoms with Crippen molar-refractivity contribution in [1.29, 1.82) is 0 Å². The van der Waals surface area contributed by atoms with Crippen molar-refractivity contribution in [1.82, 2.24) is 0 Å². The highest BCUT2D eigenvalue weighted by molar-refractivity contribution is 5.70. The molecule has 0 saturated carbocycles. The van der Waals surface area contributed by atoms with Crippen molar-refractivity contribution in [2.45, 2.75) is 0 Å². The average Bonchev–Trinajstić information content (AvgIpc) is 2.34. The molecule has 0 atom stereocenters. The van der Waals surface area contributed by atoms with Gasteiger partial charge in [0.15, 0.2) is 6.61 Å². The Morgan fingerprint density at radius 1 is 1.19 bits per heavy atom. The highest BCUT2D eigenvalue weighted by Crippen LogP contribution is 2.17. The fourth-order valence-corrected chi connectivity index (χ4v) is 1.01. The van der Waals surface area contributed by atoms with Gasteiger partial charge in [-0.25, -0.2) is 4.79 Å². The Morgan fingerprint density at radius 3 is 2.25 bits per heavy atom. The maximum atomic E-state index is 10.8. The molecule has 88 valence electrons. The third kappa shape index (κ3) is 4.18. The summed E-state index contributed by atoms with van der Waals surface area (Å²) in [6, 6.07) is 6.94. The van der Waals surface area contributed by atoms with Crippen molar-refractivity contribution >= 4 is 5.97 Å². The van der Waals surface area contributed by atoms with Gasteiger partial charge in [0.25, 0.3) is 0 Å². The summed E-state index contributed by atoms with van der Waals surface area (Å²) in [5.74, 6) is 0.893. The number of carbonyl (C=O) groups is 1. The molecule has 0 unspecified atom stereocenters. The smallest absolute Gasteiger partial charge is 0.343 e. The highest BCUT2D eigenvalue weighted by Gasteiger charge is 2.01. The van der Waals surface area contributed by atoms with Crippen LogP contribution in [0.1, 0.15) is 0 Å². The zero-order chi connectivity index (χ0) is 11.8. The molecule has 1 rings (SSSR count). The van der Waals surface area contributed by atoms with Crippen LogP contribution >= 0.6 is 0 Å². The molecular weight excluding hydrogens is 210 g/mol. The number of esters is 1. The first-order valence-corrected chi connectivity index (χ1v) is 4.89. The highest BCUT2D eigenvalue weighted by atomic mass is 16.6. The fraction of sp³-hybridized carbons (Fsp3) is 0.364. The zero-order valence-electron chi connectivity index (χ0n) is 9.14.